The average molecular weight is 318 g/mol. The number of nitrogens with one attached hydrogen (secondary N) is 2. The van der Waals surface area contributed by atoms with Crippen LogP contribution >= 0.6 is 11.6 Å². The van der Waals surface area contributed by atoms with Gasteiger partial charge in [0.1, 0.15) is 0 Å². The van der Waals surface area contributed by atoms with Crippen LogP contribution in [0.4, 0.5) is 11.4 Å². The standard InChI is InChI=1S/C16H16ClN3O2/c1-10-2-7-14(13(18)8-10)20-16(22)15(21)19-9-11-3-5-12(17)6-4-11/h2-8H,9,18H2,1H3,(H,19,21)(H,20,22). The Labute approximate surface area is 133 Å². The maximum atomic E-state index is 11.8. The number of benzene rings is 2. The molecule has 0 aromatic heterocycles. The maximum Gasteiger partial charge on any atom is 0.313 e. The molecule has 0 heterocycles. The Hall–Kier alpha value is -2.53. The molecule has 6 heteroatoms. The summed E-state index contributed by atoms with van der Waals surface area (Å²) < 4.78 is 0. The quantitative estimate of drug-likeness (QED) is 0.600. The van der Waals surface area contributed by atoms with Gasteiger partial charge in [0.25, 0.3) is 0 Å². The molecule has 2 aromatic carbocycles. The van der Waals surface area contributed by atoms with E-state index in [2.05, 4.69) is 10.6 Å². The molecular formula is C16H16ClN3O2. The van der Waals surface area contributed by atoms with Gasteiger partial charge in [-0.05, 0) is 42.3 Å². The molecule has 22 heavy (non-hydrogen) atoms. The van der Waals surface area contributed by atoms with E-state index in [1.165, 1.54) is 0 Å². The molecule has 2 aromatic rings. The minimum atomic E-state index is -0.760. The van der Waals surface area contributed by atoms with Gasteiger partial charge >= 0.3 is 11.8 Å². The number of rotatable bonds is 3. The smallest absolute Gasteiger partial charge is 0.313 e. The third-order valence-corrected chi connectivity index (χ3v) is 3.28. The van der Waals surface area contributed by atoms with E-state index in [1.54, 1.807) is 42.5 Å². The second-order valence-electron chi connectivity index (χ2n) is 4.85. The first-order valence-corrected chi connectivity index (χ1v) is 7.03. The molecule has 0 saturated heterocycles. The molecule has 0 fully saturated rings. The first-order valence-electron chi connectivity index (χ1n) is 6.65. The van der Waals surface area contributed by atoms with E-state index in [9.17, 15) is 9.59 Å². The predicted octanol–water partition coefficient (Wildman–Crippen LogP) is 2.49. The number of carbonyl (C=O) groups excluding carboxylic acids is 2. The number of nitrogens with two attached hydrogens (primary N) is 1. The molecule has 0 spiro atoms. The van der Waals surface area contributed by atoms with Crippen molar-refractivity contribution in [1.29, 1.82) is 0 Å². The summed E-state index contributed by atoms with van der Waals surface area (Å²) in [5, 5.41) is 5.63. The number of nitrogen functional groups attached to an aromatic ring is 1. The van der Waals surface area contributed by atoms with Gasteiger partial charge in [-0.3, -0.25) is 9.59 Å². The summed E-state index contributed by atoms with van der Waals surface area (Å²) in [5.41, 5.74) is 8.44. The van der Waals surface area contributed by atoms with Crippen LogP contribution in [0.3, 0.4) is 0 Å². The van der Waals surface area contributed by atoms with Crippen molar-refractivity contribution in [2.75, 3.05) is 11.1 Å². The predicted molar refractivity (Wildman–Crippen MR) is 87.5 cm³/mol. The second-order valence-corrected chi connectivity index (χ2v) is 5.29. The van der Waals surface area contributed by atoms with E-state index in [0.29, 0.717) is 16.4 Å². The van der Waals surface area contributed by atoms with Crippen molar-refractivity contribution in [3.8, 4) is 0 Å². The highest BCUT2D eigenvalue weighted by atomic mass is 35.5. The highest BCUT2D eigenvalue weighted by Crippen LogP contribution is 2.19. The van der Waals surface area contributed by atoms with Crippen LogP contribution in [0, 0.1) is 6.92 Å². The lowest BCUT2D eigenvalue weighted by Crippen LogP contribution is -2.35. The molecule has 0 atom stereocenters. The van der Waals surface area contributed by atoms with Gasteiger partial charge in [0.15, 0.2) is 0 Å². The van der Waals surface area contributed by atoms with E-state index in [0.717, 1.165) is 11.1 Å². The van der Waals surface area contributed by atoms with Crippen molar-refractivity contribution >= 4 is 34.8 Å². The molecule has 2 rings (SSSR count). The first kappa shape index (κ1) is 15.9. The van der Waals surface area contributed by atoms with Crippen LogP contribution in [0.5, 0.6) is 0 Å². The fourth-order valence-electron chi connectivity index (χ4n) is 1.84. The Morgan fingerprint density at radius 1 is 1.09 bits per heavy atom. The molecule has 0 aliphatic carbocycles. The summed E-state index contributed by atoms with van der Waals surface area (Å²) in [6, 6.07) is 12.2. The van der Waals surface area contributed by atoms with E-state index in [4.69, 9.17) is 17.3 Å². The minimum absolute atomic E-state index is 0.243. The summed E-state index contributed by atoms with van der Waals surface area (Å²) in [7, 11) is 0. The van der Waals surface area contributed by atoms with Gasteiger partial charge in [0.05, 0.1) is 11.4 Å². The second kappa shape index (κ2) is 6.95. The first-order chi connectivity index (χ1) is 10.5. The van der Waals surface area contributed by atoms with Crippen molar-refractivity contribution in [3.63, 3.8) is 0 Å². The Morgan fingerprint density at radius 3 is 2.41 bits per heavy atom. The summed E-state index contributed by atoms with van der Waals surface area (Å²) in [6.07, 6.45) is 0. The van der Waals surface area contributed by atoms with Crippen LogP contribution in [0.1, 0.15) is 11.1 Å². The third-order valence-electron chi connectivity index (χ3n) is 3.03. The van der Waals surface area contributed by atoms with Gasteiger partial charge in [-0.15, -0.1) is 0 Å². The summed E-state index contributed by atoms with van der Waals surface area (Å²) in [6.45, 7) is 2.13. The molecule has 0 unspecified atom stereocenters. The van der Waals surface area contributed by atoms with Gasteiger partial charge in [0, 0.05) is 11.6 Å². The summed E-state index contributed by atoms with van der Waals surface area (Å²) >= 11 is 5.78. The van der Waals surface area contributed by atoms with Gasteiger partial charge in [-0.2, -0.15) is 0 Å². The topological polar surface area (TPSA) is 84.2 Å². The average Bonchev–Trinajstić information content (AvgIpc) is 2.49. The number of amides is 2. The van der Waals surface area contributed by atoms with Gasteiger partial charge in [-0.1, -0.05) is 29.8 Å². The van der Waals surface area contributed by atoms with Gasteiger partial charge in [-0.25, -0.2) is 0 Å². The molecule has 2 amide bonds. The Bertz CT molecular complexity index is 699. The number of aryl methyl sites for hydroxylation is 1. The van der Waals surface area contributed by atoms with Crippen LogP contribution < -0.4 is 16.4 Å². The zero-order valence-corrected chi connectivity index (χ0v) is 12.8. The van der Waals surface area contributed by atoms with E-state index in [-0.39, 0.29) is 6.54 Å². The third kappa shape index (κ3) is 4.23. The van der Waals surface area contributed by atoms with Crippen LogP contribution in [0.2, 0.25) is 5.02 Å². The van der Waals surface area contributed by atoms with Crippen LogP contribution in [-0.2, 0) is 16.1 Å². The molecule has 5 nitrogen and oxygen atoms in total. The van der Waals surface area contributed by atoms with Gasteiger partial charge < -0.3 is 16.4 Å². The van der Waals surface area contributed by atoms with Crippen LogP contribution in [0.25, 0.3) is 0 Å². The maximum absolute atomic E-state index is 11.8. The number of carbonyl (C=O) groups is 2. The monoisotopic (exact) mass is 317 g/mol. The number of halogens is 1. The van der Waals surface area contributed by atoms with Crippen LogP contribution in [0.15, 0.2) is 42.5 Å². The van der Waals surface area contributed by atoms with E-state index >= 15 is 0 Å². The Balaban J connectivity index is 1.92. The molecule has 4 N–H and O–H groups in total. The van der Waals surface area contributed by atoms with Gasteiger partial charge in [0.2, 0.25) is 0 Å². The number of hydrogen-bond donors (Lipinski definition) is 3. The number of hydrogen-bond acceptors (Lipinski definition) is 3. The molecule has 114 valence electrons. The zero-order valence-electron chi connectivity index (χ0n) is 12.0. The van der Waals surface area contributed by atoms with Crippen molar-refractivity contribution < 1.29 is 9.59 Å². The molecule has 0 radical (unpaired) electrons. The van der Waals surface area contributed by atoms with E-state index < -0.39 is 11.8 Å². The van der Waals surface area contributed by atoms with Crippen LogP contribution in [-0.4, -0.2) is 11.8 Å². The van der Waals surface area contributed by atoms with Crippen molar-refractivity contribution in [3.05, 3.63) is 58.6 Å². The molecule has 0 saturated carbocycles. The fraction of sp³-hybridized carbons (Fsp3) is 0.125. The van der Waals surface area contributed by atoms with Crippen molar-refractivity contribution in [2.45, 2.75) is 13.5 Å². The van der Waals surface area contributed by atoms with E-state index in [1.807, 2.05) is 6.92 Å². The van der Waals surface area contributed by atoms with Crippen molar-refractivity contribution in [2.24, 2.45) is 0 Å². The number of anilines is 2. The molecule has 0 aliphatic rings. The largest absolute Gasteiger partial charge is 0.397 e. The fourth-order valence-corrected chi connectivity index (χ4v) is 1.97. The highest BCUT2D eigenvalue weighted by Gasteiger charge is 2.14. The zero-order chi connectivity index (χ0) is 16.1. The minimum Gasteiger partial charge on any atom is -0.397 e. The molecule has 0 aliphatic heterocycles. The van der Waals surface area contributed by atoms with Crippen molar-refractivity contribution in [1.82, 2.24) is 5.32 Å². The SMILES string of the molecule is Cc1ccc(NC(=O)C(=O)NCc2ccc(Cl)cc2)c(N)c1. The Kier molecular flexibility index (Phi) is 5.01. The Morgan fingerprint density at radius 2 is 1.77 bits per heavy atom. The summed E-state index contributed by atoms with van der Waals surface area (Å²) in [5.74, 6) is -1.49. The normalized spacial score (nSPS) is 10.1. The molecular weight excluding hydrogens is 302 g/mol. The highest BCUT2D eigenvalue weighted by molar-refractivity contribution is 6.39. The summed E-state index contributed by atoms with van der Waals surface area (Å²) in [4.78, 5) is 23.6. The lowest BCUT2D eigenvalue weighted by Gasteiger charge is -2.09. The molecule has 0 bridgehead atoms. The lowest BCUT2D eigenvalue weighted by atomic mass is 10.2. The lowest BCUT2D eigenvalue weighted by molar-refractivity contribution is -0.136.